The minimum atomic E-state index is -2.27. The van der Waals surface area contributed by atoms with Crippen LogP contribution in [0.1, 0.15) is 51.5 Å². The Kier molecular flexibility index (Phi) is 13.7. The van der Waals surface area contributed by atoms with Gasteiger partial charge in [-0.05, 0) is 31.5 Å². The summed E-state index contributed by atoms with van der Waals surface area (Å²) in [4.78, 5) is 34.6. The summed E-state index contributed by atoms with van der Waals surface area (Å²) in [6, 6.07) is 9.19. The van der Waals surface area contributed by atoms with Gasteiger partial charge in [0.05, 0.1) is 6.54 Å². The molecule has 0 saturated heterocycles. The Morgan fingerprint density at radius 2 is 1.50 bits per heavy atom. The summed E-state index contributed by atoms with van der Waals surface area (Å²) in [6.07, 6.45) is 0.387. The number of carboxylic acids is 2. The minimum Gasteiger partial charge on any atom is -0.479 e. The van der Waals surface area contributed by atoms with Crippen molar-refractivity contribution in [2.24, 2.45) is 5.92 Å². The second kappa shape index (κ2) is 15.9. The molecule has 0 aromatic heterocycles. The molecule has 1 saturated carbocycles. The third-order valence-corrected chi connectivity index (χ3v) is 6.12. The molecule has 3 unspecified atom stereocenters. The number of nitrogens with zero attached hydrogens (tertiary/aromatic N) is 1. The van der Waals surface area contributed by atoms with E-state index in [1.165, 1.54) is 0 Å². The number of carboxylic acid groups (broad SMARTS) is 2. The number of carbonyl (C=O) groups excluding carboxylic acids is 1. The Balaban J connectivity index is 0.000000548. The van der Waals surface area contributed by atoms with Gasteiger partial charge in [0.1, 0.15) is 0 Å². The second-order valence-corrected chi connectivity index (χ2v) is 8.42. The fourth-order valence-electron chi connectivity index (χ4n) is 3.88. The van der Waals surface area contributed by atoms with E-state index in [-0.39, 0.29) is 12.5 Å². The van der Waals surface area contributed by atoms with E-state index in [1.54, 1.807) is 0 Å². The quantitative estimate of drug-likeness (QED) is 0.230. The van der Waals surface area contributed by atoms with Crippen LogP contribution in [0.25, 0.3) is 0 Å². The van der Waals surface area contributed by atoms with Gasteiger partial charge in [-0.15, -0.1) is 0 Å². The normalized spacial score (nSPS) is 16.8. The van der Waals surface area contributed by atoms with Gasteiger partial charge in [0.2, 0.25) is 0 Å². The van der Waals surface area contributed by atoms with Gasteiger partial charge in [-0.3, -0.25) is 4.90 Å². The summed E-state index contributed by atoms with van der Waals surface area (Å²) < 4.78 is 5.38. The predicted octanol–water partition coefficient (Wildman–Crippen LogP) is 1.22. The van der Waals surface area contributed by atoms with Gasteiger partial charge in [-0.1, -0.05) is 75.3 Å². The van der Waals surface area contributed by atoms with E-state index in [4.69, 9.17) is 25.2 Å². The summed E-state index contributed by atoms with van der Waals surface area (Å²) in [7, 11) is 0. The van der Waals surface area contributed by atoms with Crippen molar-refractivity contribution in [3.8, 4) is 11.8 Å². The molecule has 1 aromatic rings. The number of rotatable bonds is 10. The highest BCUT2D eigenvalue weighted by Crippen LogP contribution is 2.40. The van der Waals surface area contributed by atoms with E-state index in [1.807, 2.05) is 30.3 Å². The zero-order valence-corrected chi connectivity index (χ0v) is 20.8. The van der Waals surface area contributed by atoms with Crippen LogP contribution in [0, 0.1) is 17.8 Å². The highest BCUT2D eigenvalue weighted by Gasteiger charge is 2.47. The van der Waals surface area contributed by atoms with Crippen LogP contribution in [0.5, 0.6) is 0 Å². The number of ether oxygens (including phenoxy) is 1. The van der Waals surface area contributed by atoms with Gasteiger partial charge in [0.25, 0.3) is 0 Å². The lowest BCUT2D eigenvalue weighted by molar-refractivity contribution is -0.174. The molecule has 36 heavy (non-hydrogen) atoms. The molecule has 0 bridgehead atoms. The fraction of sp³-hybridized carbons (Fsp3) is 0.577. The first kappa shape index (κ1) is 31.1. The standard InChI is InChI=1S/C22H31NO3.C4H6O6/c1-3-23(4-2)17-11-12-18-26-21(24)22(25,19-13-7-5-8-14-19)20-15-9-6-10-16-20;5-1(3(7)8)2(6)4(9)10/h5,7-8,13-14,20,25H,3-4,6,9-10,15-18H2,1-2H3;1-2,5-6H,(H,7,8)(H,9,10). The average molecular weight is 508 g/mol. The molecule has 0 spiro atoms. The highest BCUT2D eigenvalue weighted by atomic mass is 16.5. The molecule has 10 heteroatoms. The molecule has 2 rings (SSSR count). The molecular weight excluding hydrogens is 470 g/mol. The van der Waals surface area contributed by atoms with E-state index < -0.39 is 35.7 Å². The predicted molar refractivity (Wildman–Crippen MR) is 131 cm³/mol. The van der Waals surface area contributed by atoms with Crippen LogP contribution in [0.4, 0.5) is 0 Å². The van der Waals surface area contributed by atoms with E-state index in [0.717, 1.165) is 45.2 Å². The first-order valence-electron chi connectivity index (χ1n) is 12.0. The number of hydrogen-bond acceptors (Lipinski definition) is 8. The number of aliphatic hydroxyl groups excluding tert-OH is 2. The van der Waals surface area contributed by atoms with Crippen LogP contribution in [0.3, 0.4) is 0 Å². The van der Waals surface area contributed by atoms with Gasteiger partial charge >= 0.3 is 17.9 Å². The molecule has 0 heterocycles. The molecular formula is C26H37NO9. The van der Waals surface area contributed by atoms with Gasteiger partial charge in [0, 0.05) is 5.92 Å². The molecule has 0 radical (unpaired) electrons. The van der Waals surface area contributed by atoms with Gasteiger partial charge in [0.15, 0.2) is 24.4 Å². The Morgan fingerprint density at radius 3 is 1.97 bits per heavy atom. The third-order valence-electron chi connectivity index (χ3n) is 6.12. The van der Waals surface area contributed by atoms with Crippen molar-refractivity contribution in [2.45, 2.75) is 63.8 Å². The Hall–Kier alpha value is -2.97. The maximum absolute atomic E-state index is 12.8. The molecule has 200 valence electrons. The van der Waals surface area contributed by atoms with Crippen molar-refractivity contribution < 1.29 is 44.7 Å². The lowest BCUT2D eigenvalue weighted by Crippen LogP contribution is -2.45. The molecule has 3 atom stereocenters. The van der Waals surface area contributed by atoms with E-state index >= 15 is 0 Å². The van der Waals surface area contributed by atoms with Crippen LogP contribution in [-0.4, -0.2) is 86.8 Å². The lowest BCUT2D eigenvalue weighted by atomic mass is 9.73. The molecule has 0 aliphatic heterocycles. The van der Waals surface area contributed by atoms with E-state index in [9.17, 15) is 19.5 Å². The fourth-order valence-corrected chi connectivity index (χ4v) is 3.88. The summed E-state index contributed by atoms with van der Waals surface area (Å²) in [5.74, 6) is 1.71. The first-order valence-corrected chi connectivity index (χ1v) is 12.0. The lowest BCUT2D eigenvalue weighted by Gasteiger charge is -2.36. The number of esters is 1. The topological polar surface area (TPSA) is 165 Å². The van der Waals surface area contributed by atoms with Crippen molar-refractivity contribution in [2.75, 3.05) is 26.2 Å². The smallest absolute Gasteiger partial charge is 0.344 e. The summed E-state index contributed by atoms with van der Waals surface area (Å²) in [5, 5.41) is 43.9. The average Bonchev–Trinajstić information content (AvgIpc) is 2.90. The molecule has 1 aliphatic rings. The van der Waals surface area contributed by atoms with Crippen molar-refractivity contribution in [3.05, 3.63) is 35.9 Å². The Bertz CT molecular complexity index is 868. The zero-order valence-electron chi connectivity index (χ0n) is 20.8. The molecule has 1 fully saturated rings. The number of carbonyl (C=O) groups is 3. The van der Waals surface area contributed by atoms with E-state index in [2.05, 4.69) is 30.6 Å². The monoisotopic (exact) mass is 507 g/mol. The minimum absolute atomic E-state index is 0.0158. The number of hydrogen-bond donors (Lipinski definition) is 5. The number of aliphatic carboxylic acids is 2. The number of aliphatic hydroxyl groups is 3. The second-order valence-electron chi connectivity index (χ2n) is 8.42. The van der Waals surface area contributed by atoms with Crippen molar-refractivity contribution in [1.29, 1.82) is 0 Å². The molecule has 1 aliphatic carbocycles. The SMILES string of the molecule is CCN(CC)CC#CCOC(=O)C(O)(c1ccccc1)C1CCCCC1.O=C(O)C(O)C(O)C(=O)O. The van der Waals surface area contributed by atoms with Crippen LogP contribution >= 0.6 is 0 Å². The number of benzene rings is 1. The Morgan fingerprint density at radius 1 is 0.972 bits per heavy atom. The van der Waals surface area contributed by atoms with Crippen molar-refractivity contribution in [1.82, 2.24) is 4.90 Å². The van der Waals surface area contributed by atoms with Crippen LogP contribution < -0.4 is 0 Å². The molecule has 5 N–H and O–H groups in total. The van der Waals surface area contributed by atoms with Gasteiger partial charge in [-0.25, -0.2) is 14.4 Å². The van der Waals surface area contributed by atoms with Gasteiger partial charge < -0.3 is 30.3 Å². The first-order chi connectivity index (χ1) is 17.1. The van der Waals surface area contributed by atoms with Crippen molar-refractivity contribution in [3.63, 3.8) is 0 Å². The van der Waals surface area contributed by atoms with Crippen LogP contribution in [-0.2, 0) is 24.7 Å². The van der Waals surface area contributed by atoms with E-state index in [0.29, 0.717) is 12.1 Å². The van der Waals surface area contributed by atoms with Crippen LogP contribution in [0.15, 0.2) is 30.3 Å². The largest absolute Gasteiger partial charge is 0.479 e. The summed E-state index contributed by atoms with van der Waals surface area (Å²) in [6.45, 7) is 6.75. The third kappa shape index (κ3) is 9.24. The summed E-state index contributed by atoms with van der Waals surface area (Å²) >= 11 is 0. The highest BCUT2D eigenvalue weighted by molar-refractivity contribution is 5.83. The maximum atomic E-state index is 12.8. The maximum Gasteiger partial charge on any atom is 0.344 e. The molecule has 10 nitrogen and oxygen atoms in total. The Labute approximate surface area is 211 Å². The zero-order chi connectivity index (χ0) is 27.1. The molecule has 1 aromatic carbocycles. The summed E-state index contributed by atoms with van der Waals surface area (Å²) in [5.41, 5.74) is -0.963. The van der Waals surface area contributed by atoms with Crippen LogP contribution in [0.2, 0.25) is 0 Å². The van der Waals surface area contributed by atoms with Gasteiger partial charge in [-0.2, -0.15) is 0 Å². The van der Waals surface area contributed by atoms with Crippen molar-refractivity contribution >= 4 is 17.9 Å². The molecule has 0 amide bonds.